The number of hydrogen-bond donors (Lipinski definition) is 2. The molecule has 1 aromatic heterocycles. The van der Waals surface area contributed by atoms with Crippen molar-refractivity contribution in [3.63, 3.8) is 0 Å². The van der Waals surface area contributed by atoms with Gasteiger partial charge in [0.1, 0.15) is 0 Å². The molecule has 0 saturated carbocycles. The summed E-state index contributed by atoms with van der Waals surface area (Å²) >= 11 is 0. The van der Waals surface area contributed by atoms with E-state index in [0.29, 0.717) is 6.42 Å². The standard InChI is InChI=1S/C16H21N3O4S/c1-3-6-15(14-9-5-10-18-14)19(23-2)24(21,22)13-8-4-7-12(11-13)16(17)20/h4-5,7-11,15,18H,3,6H2,1-2H3,(H2,17,20). The minimum Gasteiger partial charge on any atom is -0.366 e. The maximum Gasteiger partial charge on any atom is 0.265 e. The van der Waals surface area contributed by atoms with E-state index in [1.54, 1.807) is 12.3 Å². The molecule has 2 rings (SSSR count). The number of H-pyrrole nitrogens is 1. The van der Waals surface area contributed by atoms with Gasteiger partial charge in [0.2, 0.25) is 5.91 Å². The van der Waals surface area contributed by atoms with Gasteiger partial charge >= 0.3 is 0 Å². The van der Waals surface area contributed by atoms with Crippen LogP contribution < -0.4 is 5.73 Å². The zero-order valence-electron chi connectivity index (χ0n) is 13.6. The Morgan fingerprint density at radius 3 is 2.62 bits per heavy atom. The van der Waals surface area contributed by atoms with Gasteiger partial charge in [-0.25, -0.2) is 8.42 Å². The van der Waals surface area contributed by atoms with Crippen LogP contribution in [0.25, 0.3) is 0 Å². The number of primary amides is 1. The highest BCUT2D eigenvalue weighted by Gasteiger charge is 2.33. The Morgan fingerprint density at radius 1 is 1.33 bits per heavy atom. The second-order valence-electron chi connectivity index (χ2n) is 5.27. The molecule has 7 nitrogen and oxygen atoms in total. The summed E-state index contributed by atoms with van der Waals surface area (Å²) in [4.78, 5) is 19.5. The number of hydroxylamine groups is 1. The molecule has 0 radical (unpaired) electrons. The number of benzene rings is 1. The van der Waals surface area contributed by atoms with Gasteiger partial charge in [0.15, 0.2) is 0 Å². The van der Waals surface area contributed by atoms with Gasteiger partial charge in [0.25, 0.3) is 10.0 Å². The summed E-state index contributed by atoms with van der Waals surface area (Å²) in [5.41, 5.74) is 6.09. The molecule has 0 bridgehead atoms. The van der Waals surface area contributed by atoms with Crippen molar-refractivity contribution in [2.45, 2.75) is 30.7 Å². The number of carbonyl (C=O) groups excluding carboxylic acids is 1. The summed E-state index contributed by atoms with van der Waals surface area (Å²) in [6, 6.07) is 8.70. The van der Waals surface area contributed by atoms with E-state index in [-0.39, 0.29) is 10.5 Å². The minimum absolute atomic E-state index is 0.0479. The first kappa shape index (κ1) is 18.2. The van der Waals surface area contributed by atoms with E-state index >= 15 is 0 Å². The summed E-state index contributed by atoms with van der Waals surface area (Å²) in [6.45, 7) is 1.96. The van der Waals surface area contributed by atoms with Gasteiger partial charge in [-0.15, -0.1) is 0 Å². The first-order chi connectivity index (χ1) is 11.4. The maximum absolute atomic E-state index is 13.0. The predicted molar refractivity (Wildman–Crippen MR) is 89.4 cm³/mol. The predicted octanol–water partition coefficient (Wildman–Crippen LogP) is 2.21. The van der Waals surface area contributed by atoms with Crippen LogP contribution in [0.5, 0.6) is 0 Å². The monoisotopic (exact) mass is 351 g/mol. The fraction of sp³-hybridized carbons (Fsp3) is 0.312. The van der Waals surface area contributed by atoms with Crippen molar-refractivity contribution in [2.24, 2.45) is 5.73 Å². The highest BCUT2D eigenvalue weighted by molar-refractivity contribution is 7.89. The highest BCUT2D eigenvalue weighted by atomic mass is 32.2. The molecule has 0 aliphatic carbocycles. The molecule has 2 aromatic rings. The Bertz CT molecular complexity index is 787. The van der Waals surface area contributed by atoms with E-state index in [2.05, 4.69) is 4.98 Å². The normalized spacial score (nSPS) is 13.1. The van der Waals surface area contributed by atoms with Crippen molar-refractivity contribution in [2.75, 3.05) is 7.11 Å². The lowest BCUT2D eigenvalue weighted by atomic mass is 10.1. The highest BCUT2D eigenvalue weighted by Crippen LogP contribution is 2.30. The molecule has 1 aromatic carbocycles. The van der Waals surface area contributed by atoms with Gasteiger partial charge < -0.3 is 10.7 Å². The summed E-state index contributed by atoms with van der Waals surface area (Å²) in [5, 5.41) is 0. The molecular formula is C16H21N3O4S. The quantitative estimate of drug-likeness (QED) is 0.711. The van der Waals surface area contributed by atoms with E-state index < -0.39 is 22.0 Å². The zero-order chi connectivity index (χ0) is 17.7. The Hall–Kier alpha value is -2.16. The lowest BCUT2D eigenvalue weighted by Crippen LogP contribution is -2.34. The fourth-order valence-corrected chi connectivity index (χ4v) is 3.99. The van der Waals surface area contributed by atoms with Crippen LogP contribution in [0.15, 0.2) is 47.5 Å². The van der Waals surface area contributed by atoms with Crippen LogP contribution in [0, 0.1) is 0 Å². The smallest absolute Gasteiger partial charge is 0.265 e. The first-order valence-electron chi connectivity index (χ1n) is 7.53. The molecule has 0 fully saturated rings. The topological polar surface area (TPSA) is 105 Å². The molecule has 24 heavy (non-hydrogen) atoms. The van der Waals surface area contributed by atoms with E-state index in [0.717, 1.165) is 16.6 Å². The third-order valence-corrected chi connectivity index (χ3v) is 5.36. The van der Waals surface area contributed by atoms with E-state index in [9.17, 15) is 13.2 Å². The van der Waals surface area contributed by atoms with Crippen LogP contribution in [0.3, 0.4) is 0 Å². The van der Waals surface area contributed by atoms with E-state index in [1.807, 2.05) is 13.0 Å². The summed E-state index contributed by atoms with van der Waals surface area (Å²) in [6.07, 6.45) is 3.07. The number of nitrogens with two attached hydrogens (primary N) is 1. The number of hydrogen-bond acceptors (Lipinski definition) is 4. The molecule has 1 atom stereocenters. The minimum atomic E-state index is -3.97. The number of aromatic nitrogens is 1. The van der Waals surface area contributed by atoms with Crippen LogP contribution in [-0.2, 0) is 14.9 Å². The van der Waals surface area contributed by atoms with Crippen molar-refractivity contribution in [1.29, 1.82) is 0 Å². The Morgan fingerprint density at radius 2 is 2.08 bits per heavy atom. The van der Waals surface area contributed by atoms with E-state index in [1.165, 1.54) is 31.4 Å². The van der Waals surface area contributed by atoms with Gasteiger partial charge in [-0.3, -0.25) is 9.63 Å². The van der Waals surface area contributed by atoms with Crippen LogP contribution in [0.1, 0.15) is 41.9 Å². The third kappa shape index (κ3) is 3.66. The van der Waals surface area contributed by atoms with Crippen molar-refractivity contribution >= 4 is 15.9 Å². The number of nitrogens with one attached hydrogen (secondary N) is 1. The van der Waals surface area contributed by atoms with Crippen molar-refractivity contribution < 1.29 is 18.0 Å². The molecule has 1 amide bonds. The van der Waals surface area contributed by atoms with Crippen LogP contribution >= 0.6 is 0 Å². The first-order valence-corrected chi connectivity index (χ1v) is 8.97. The molecule has 1 heterocycles. The zero-order valence-corrected chi connectivity index (χ0v) is 14.4. The largest absolute Gasteiger partial charge is 0.366 e. The summed E-state index contributed by atoms with van der Waals surface area (Å²) in [5.74, 6) is -0.689. The molecule has 130 valence electrons. The number of amides is 1. The van der Waals surface area contributed by atoms with Crippen LogP contribution in [0.4, 0.5) is 0 Å². The van der Waals surface area contributed by atoms with Gasteiger partial charge in [-0.1, -0.05) is 23.9 Å². The average Bonchev–Trinajstić information content (AvgIpc) is 3.09. The molecule has 8 heteroatoms. The van der Waals surface area contributed by atoms with Crippen molar-refractivity contribution in [3.8, 4) is 0 Å². The maximum atomic E-state index is 13.0. The number of nitrogens with zero attached hydrogens (tertiary/aromatic N) is 1. The van der Waals surface area contributed by atoms with Crippen LogP contribution in [0.2, 0.25) is 0 Å². The average molecular weight is 351 g/mol. The Labute approximate surface area is 141 Å². The van der Waals surface area contributed by atoms with Gasteiger partial charge in [-0.05, 0) is 36.8 Å². The molecule has 1 unspecified atom stereocenters. The lowest BCUT2D eigenvalue weighted by molar-refractivity contribution is -0.0853. The summed E-state index contributed by atoms with van der Waals surface area (Å²) in [7, 11) is -2.66. The molecule has 3 N–H and O–H groups in total. The number of aromatic amines is 1. The number of carbonyl (C=O) groups is 1. The van der Waals surface area contributed by atoms with Gasteiger partial charge in [-0.2, -0.15) is 0 Å². The molecule has 0 aliphatic rings. The Balaban J connectivity index is 2.47. The lowest BCUT2D eigenvalue weighted by Gasteiger charge is -2.28. The van der Waals surface area contributed by atoms with Crippen molar-refractivity contribution in [1.82, 2.24) is 9.45 Å². The molecule has 0 aliphatic heterocycles. The van der Waals surface area contributed by atoms with Gasteiger partial charge in [0.05, 0.1) is 18.0 Å². The van der Waals surface area contributed by atoms with E-state index in [4.69, 9.17) is 10.6 Å². The molecular weight excluding hydrogens is 330 g/mol. The SMILES string of the molecule is CCCC(c1ccc[nH]1)N(OC)S(=O)(=O)c1cccc(C(N)=O)c1. The van der Waals surface area contributed by atoms with Crippen molar-refractivity contribution in [3.05, 3.63) is 53.9 Å². The third-order valence-electron chi connectivity index (χ3n) is 3.63. The summed E-state index contributed by atoms with van der Waals surface area (Å²) < 4.78 is 26.9. The van der Waals surface area contributed by atoms with Crippen LogP contribution in [-0.4, -0.2) is 30.9 Å². The Kier molecular flexibility index (Phi) is 5.76. The second-order valence-corrected chi connectivity index (χ2v) is 7.05. The number of rotatable bonds is 8. The molecule has 0 saturated heterocycles. The van der Waals surface area contributed by atoms with Gasteiger partial charge in [0, 0.05) is 17.5 Å². The second kappa shape index (κ2) is 7.61. The number of sulfonamides is 1. The molecule has 0 spiro atoms. The fourth-order valence-electron chi connectivity index (χ4n) is 2.51.